The zero-order valence-electron chi connectivity index (χ0n) is 16.1. The molecule has 1 N–H and O–H groups in total. The van der Waals surface area contributed by atoms with Crippen molar-refractivity contribution in [3.63, 3.8) is 0 Å². The van der Waals surface area contributed by atoms with Crippen molar-refractivity contribution in [2.75, 3.05) is 25.5 Å². The van der Waals surface area contributed by atoms with Crippen molar-refractivity contribution in [3.8, 4) is 5.75 Å². The molecule has 0 aliphatic carbocycles. The quantitative estimate of drug-likeness (QED) is 0.632. The monoisotopic (exact) mass is 422 g/mol. The zero-order chi connectivity index (χ0) is 20.5. The molecule has 0 radical (unpaired) electrons. The van der Waals surface area contributed by atoms with E-state index in [1.807, 2.05) is 12.1 Å². The Morgan fingerprint density at radius 1 is 1.29 bits per heavy atom. The number of sulfonamides is 1. The van der Waals surface area contributed by atoms with Crippen LogP contribution in [0, 0.1) is 0 Å². The minimum Gasteiger partial charge on any atom is -0.497 e. The molecule has 0 aliphatic rings. The number of nitrogens with one attached hydrogen (secondary N) is 1. The van der Waals surface area contributed by atoms with Gasteiger partial charge >= 0.3 is 0 Å². The molecule has 150 valence electrons. The van der Waals surface area contributed by atoms with Crippen LogP contribution in [-0.2, 0) is 17.1 Å². The molecule has 0 fully saturated rings. The van der Waals surface area contributed by atoms with Gasteiger partial charge in [-0.05, 0) is 24.3 Å². The number of methoxy groups -OCH3 is 1. The lowest BCUT2D eigenvalue weighted by Gasteiger charge is -2.17. The van der Waals surface area contributed by atoms with Crippen LogP contribution in [0.2, 0.25) is 0 Å². The van der Waals surface area contributed by atoms with E-state index in [1.165, 1.54) is 32.5 Å². The molecule has 0 bridgehead atoms. The largest absolute Gasteiger partial charge is 0.497 e. The predicted octanol–water partition coefficient (Wildman–Crippen LogP) is 2.93. The minimum atomic E-state index is -3.63. The van der Waals surface area contributed by atoms with E-state index in [0.717, 1.165) is 10.2 Å². The van der Waals surface area contributed by atoms with Gasteiger partial charge in [-0.1, -0.05) is 25.2 Å². The standard InChI is InChI=1S/C18H22N4O4S2/c1-5-22(6-2)28(24,25)13-10-15(21(3)11-13)17(23)20-18-19-14-8-7-12(26-4)9-16(14)27-18/h7-11H,5-6H2,1-4H3,(H,19,20,23). The van der Waals surface area contributed by atoms with Crippen LogP contribution in [0.4, 0.5) is 5.13 Å². The number of nitrogens with zero attached hydrogens (tertiary/aromatic N) is 3. The molecule has 0 saturated carbocycles. The first-order chi connectivity index (χ1) is 13.3. The summed E-state index contributed by atoms with van der Waals surface area (Å²) >= 11 is 1.32. The van der Waals surface area contributed by atoms with Gasteiger partial charge in [-0.15, -0.1) is 0 Å². The highest BCUT2D eigenvalue weighted by Crippen LogP contribution is 2.29. The first kappa shape index (κ1) is 20.3. The van der Waals surface area contributed by atoms with E-state index in [0.29, 0.717) is 24.0 Å². The number of benzene rings is 1. The van der Waals surface area contributed by atoms with Crippen LogP contribution in [0.1, 0.15) is 24.3 Å². The molecule has 0 saturated heterocycles. The van der Waals surface area contributed by atoms with Gasteiger partial charge in [0, 0.05) is 26.3 Å². The average Bonchev–Trinajstić information content (AvgIpc) is 3.24. The van der Waals surface area contributed by atoms with Gasteiger partial charge in [0.15, 0.2) is 5.13 Å². The molecule has 0 atom stereocenters. The summed E-state index contributed by atoms with van der Waals surface area (Å²) in [5.41, 5.74) is 0.986. The second-order valence-electron chi connectivity index (χ2n) is 6.07. The Morgan fingerprint density at radius 2 is 2.00 bits per heavy atom. The number of aromatic nitrogens is 2. The maximum Gasteiger partial charge on any atom is 0.274 e. The molecule has 1 aromatic carbocycles. The Balaban J connectivity index is 1.86. The first-order valence-electron chi connectivity index (χ1n) is 8.72. The Hall–Kier alpha value is -2.43. The third kappa shape index (κ3) is 3.75. The van der Waals surface area contributed by atoms with E-state index in [4.69, 9.17) is 4.74 Å². The van der Waals surface area contributed by atoms with Gasteiger partial charge in [-0.3, -0.25) is 10.1 Å². The average molecular weight is 423 g/mol. The van der Waals surface area contributed by atoms with Crippen molar-refractivity contribution in [2.24, 2.45) is 7.05 Å². The summed E-state index contributed by atoms with van der Waals surface area (Å²) in [6.45, 7) is 4.29. The number of hydrogen-bond acceptors (Lipinski definition) is 6. The second-order valence-corrected chi connectivity index (χ2v) is 9.04. The topological polar surface area (TPSA) is 93.5 Å². The van der Waals surface area contributed by atoms with E-state index >= 15 is 0 Å². The van der Waals surface area contributed by atoms with Gasteiger partial charge in [0.1, 0.15) is 16.3 Å². The highest BCUT2D eigenvalue weighted by Gasteiger charge is 2.25. The van der Waals surface area contributed by atoms with Crippen LogP contribution >= 0.6 is 11.3 Å². The molecule has 0 spiro atoms. The molecule has 10 heteroatoms. The number of hydrogen-bond donors (Lipinski definition) is 1. The number of amides is 1. The highest BCUT2D eigenvalue weighted by atomic mass is 32.2. The second kappa shape index (κ2) is 7.90. The Labute approximate surface area is 167 Å². The summed E-state index contributed by atoms with van der Waals surface area (Å²) in [6, 6.07) is 6.85. The number of ether oxygens (including phenoxy) is 1. The molecular formula is C18H22N4O4S2. The lowest BCUT2D eigenvalue weighted by atomic mass is 10.3. The van der Waals surface area contributed by atoms with Gasteiger partial charge in [-0.25, -0.2) is 13.4 Å². The van der Waals surface area contributed by atoms with Gasteiger partial charge < -0.3 is 9.30 Å². The van der Waals surface area contributed by atoms with E-state index in [1.54, 1.807) is 34.1 Å². The Bertz CT molecular complexity index is 1110. The van der Waals surface area contributed by atoms with E-state index in [2.05, 4.69) is 10.3 Å². The minimum absolute atomic E-state index is 0.0953. The fourth-order valence-electron chi connectivity index (χ4n) is 2.86. The number of anilines is 1. The van der Waals surface area contributed by atoms with E-state index in [-0.39, 0.29) is 10.6 Å². The van der Waals surface area contributed by atoms with E-state index in [9.17, 15) is 13.2 Å². The summed E-state index contributed by atoms with van der Waals surface area (Å²) in [6.07, 6.45) is 1.45. The summed E-state index contributed by atoms with van der Waals surface area (Å²) in [7, 11) is -0.406. The van der Waals surface area contributed by atoms with Gasteiger partial charge in [-0.2, -0.15) is 4.31 Å². The first-order valence-corrected chi connectivity index (χ1v) is 11.0. The van der Waals surface area contributed by atoms with Crippen LogP contribution in [0.25, 0.3) is 10.2 Å². The molecule has 8 nitrogen and oxygen atoms in total. The molecule has 0 unspecified atom stereocenters. The molecule has 0 aliphatic heterocycles. The smallest absolute Gasteiger partial charge is 0.274 e. The molecule has 28 heavy (non-hydrogen) atoms. The molecule has 1 amide bonds. The number of fused-ring (bicyclic) bond motifs is 1. The fraction of sp³-hybridized carbons (Fsp3) is 0.333. The normalized spacial score (nSPS) is 11.9. The number of aryl methyl sites for hydroxylation is 1. The Kier molecular flexibility index (Phi) is 5.73. The lowest BCUT2D eigenvalue weighted by Crippen LogP contribution is -2.30. The maximum absolute atomic E-state index is 12.7. The third-order valence-corrected chi connectivity index (χ3v) is 7.32. The van der Waals surface area contributed by atoms with Crippen molar-refractivity contribution >= 4 is 42.6 Å². The predicted molar refractivity (Wildman–Crippen MR) is 110 cm³/mol. The van der Waals surface area contributed by atoms with Gasteiger partial charge in [0.25, 0.3) is 5.91 Å². The maximum atomic E-state index is 12.7. The molecule has 2 heterocycles. The molecule has 2 aromatic heterocycles. The molecule has 3 aromatic rings. The number of carbonyl (C=O) groups is 1. The SMILES string of the molecule is CCN(CC)S(=O)(=O)c1cc(C(=O)Nc2nc3ccc(OC)cc3s2)n(C)c1. The van der Waals surface area contributed by atoms with Crippen LogP contribution in [-0.4, -0.2) is 48.4 Å². The summed E-state index contributed by atoms with van der Waals surface area (Å²) in [4.78, 5) is 17.2. The molecular weight excluding hydrogens is 400 g/mol. The van der Waals surface area contributed by atoms with Crippen molar-refractivity contribution in [2.45, 2.75) is 18.7 Å². The highest BCUT2D eigenvalue weighted by molar-refractivity contribution is 7.89. The van der Waals surface area contributed by atoms with Crippen LogP contribution in [0.15, 0.2) is 35.4 Å². The number of thiazole rings is 1. The third-order valence-electron chi connectivity index (χ3n) is 4.37. The van der Waals surface area contributed by atoms with Gasteiger partial charge in [0.2, 0.25) is 10.0 Å². The summed E-state index contributed by atoms with van der Waals surface area (Å²) < 4.78 is 34.3. The van der Waals surface area contributed by atoms with Gasteiger partial charge in [0.05, 0.1) is 17.3 Å². The summed E-state index contributed by atoms with van der Waals surface area (Å²) in [5, 5.41) is 3.18. The fourth-order valence-corrected chi connectivity index (χ4v) is 5.28. The van der Waals surface area contributed by atoms with Crippen molar-refractivity contribution < 1.29 is 17.9 Å². The van der Waals surface area contributed by atoms with Crippen molar-refractivity contribution in [1.29, 1.82) is 0 Å². The van der Waals surface area contributed by atoms with Crippen molar-refractivity contribution in [1.82, 2.24) is 13.9 Å². The zero-order valence-corrected chi connectivity index (χ0v) is 17.7. The van der Waals surface area contributed by atoms with Crippen LogP contribution < -0.4 is 10.1 Å². The molecule has 3 rings (SSSR count). The van der Waals surface area contributed by atoms with Crippen molar-refractivity contribution in [3.05, 3.63) is 36.2 Å². The van der Waals surface area contributed by atoms with E-state index < -0.39 is 15.9 Å². The number of rotatable bonds is 7. The van der Waals surface area contributed by atoms with Crippen LogP contribution in [0.3, 0.4) is 0 Å². The number of carbonyl (C=O) groups excluding carboxylic acids is 1. The Morgan fingerprint density at radius 3 is 2.64 bits per heavy atom. The summed E-state index contributed by atoms with van der Waals surface area (Å²) in [5.74, 6) is 0.289. The van der Waals surface area contributed by atoms with Crippen LogP contribution in [0.5, 0.6) is 5.75 Å². The lowest BCUT2D eigenvalue weighted by molar-refractivity contribution is 0.101.